The summed E-state index contributed by atoms with van der Waals surface area (Å²) in [5.41, 5.74) is 10.8. The lowest BCUT2D eigenvalue weighted by molar-refractivity contribution is 0.0944. The summed E-state index contributed by atoms with van der Waals surface area (Å²) in [5, 5.41) is 17.9. The molecule has 2 aromatic carbocycles. The predicted octanol–water partition coefficient (Wildman–Crippen LogP) is 7.02. The third kappa shape index (κ3) is 7.68. The van der Waals surface area contributed by atoms with Gasteiger partial charge in [0.25, 0.3) is 11.8 Å². The van der Waals surface area contributed by atoms with Crippen LogP contribution in [0.3, 0.4) is 0 Å². The van der Waals surface area contributed by atoms with E-state index in [1.807, 2.05) is 35.9 Å². The Bertz CT molecular complexity index is 2510. The van der Waals surface area contributed by atoms with Gasteiger partial charge in [-0.2, -0.15) is 18.6 Å². The van der Waals surface area contributed by atoms with Crippen molar-refractivity contribution < 1.29 is 22.6 Å². The minimum atomic E-state index is -4.39. The molecule has 3 N–H and O–H groups in total. The van der Waals surface area contributed by atoms with Gasteiger partial charge in [-0.3, -0.25) is 23.5 Å². The number of hydrogen-bond donors (Lipinski definition) is 3. The third-order valence-corrected chi connectivity index (χ3v) is 13.8. The van der Waals surface area contributed by atoms with Crippen molar-refractivity contribution in [1.82, 2.24) is 30.2 Å². The molecule has 4 aromatic heterocycles. The minimum absolute atomic E-state index is 0.119. The molecule has 55 heavy (non-hydrogen) atoms. The summed E-state index contributed by atoms with van der Waals surface area (Å²) in [7, 11) is -4.39. The first-order valence-corrected chi connectivity index (χ1v) is 21.7. The molecule has 0 spiro atoms. The highest BCUT2D eigenvalue weighted by Gasteiger charge is 2.31. The van der Waals surface area contributed by atoms with Gasteiger partial charge in [-0.25, -0.2) is 0 Å². The maximum atomic E-state index is 13.8. The van der Waals surface area contributed by atoms with E-state index in [0.717, 1.165) is 69.7 Å². The molecule has 2 aliphatic rings. The Kier molecular flexibility index (Phi) is 10.3. The third-order valence-electron chi connectivity index (χ3n) is 10.3. The minimum Gasteiger partial charge on any atom is -0.351 e. The molecular formula is C41H42N6O5S3. The first-order chi connectivity index (χ1) is 26.5. The molecule has 0 saturated heterocycles. The number of amides is 2. The largest absolute Gasteiger partial charge is 0.351 e. The Morgan fingerprint density at radius 2 is 1.24 bits per heavy atom. The van der Waals surface area contributed by atoms with Gasteiger partial charge >= 0.3 is 10.1 Å². The molecule has 2 aliphatic carbocycles. The maximum Gasteiger partial charge on any atom is 0.304 e. The van der Waals surface area contributed by atoms with E-state index in [1.165, 1.54) is 22.1 Å². The topological polar surface area (TPSA) is 148 Å². The number of fused-ring (bicyclic) bond motifs is 6. The highest BCUT2D eigenvalue weighted by atomic mass is 32.3. The van der Waals surface area contributed by atoms with E-state index in [-0.39, 0.29) is 16.0 Å². The van der Waals surface area contributed by atoms with Crippen LogP contribution in [0.4, 0.5) is 0 Å². The highest BCUT2D eigenvalue weighted by molar-refractivity contribution is 7.88. The Morgan fingerprint density at radius 1 is 0.727 bits per heavy atom. The van der Waals surface area contributed by atoms with Gasteiger partial charge in [-0.15, -0.1) is 22.7 Å². The summed E-state index contributed by atoms with van der Waals surface area (Å²) in [6.07, 6.45) is 5.09. The molecule has 11 nitrogen and oxygen atoms in total. The number of benzene rings is 2. The molecule has 2 amide bonds. The second-order valence-electron chi connectivity index (χ2n) is 14.4. The van der Waals surface area contributed by atoms with E-state index in [1.54, 1.807) is 16.0 Å². The fraction of sp³-hybridized carbons (Fsp3) is 0.317. The Hall–Kier alpha value is -4.89. The van der Waals surface area contributed by atoms with Gasteiger partial charge in [0.2, 0.25) is 0 Å². The lowest BCUT2D eigenvalue weighted by Crippen LogP contribution is -2.31. The number of aryl methyl sites for hydroxylation is 4. The zero-order valence-corrected chi connectivity index (χ0v) is 33.2. The maximum absolute atomic E-state index is 13.8. The van der Waals surface area contributed by atoms with Crippen LogP contribution in [0, 0.1) is 13.8 Å². The molecule has 0 fully saturated rings. The molecule has 6 aromatic rings. The number of rotatable bonds is 11. The van der Waals surface area contributed by atoms with Crippen LogP contribution in [0.15, 0.2) is 70.3 Å². The molecule has 4 heterocycles. The van der Waals surface area contributed by atoms with Gasteiger partial charge in [0.1, 0.15) is 4.21 Å². The number of thiophene rings is 2. The van der Waals surface area contributed by atoms with Crippen LogP contribution in [0.5, 0.6) is 0 Å². The average Bonchev–Trinajstić information content (AvgIpc) is 3.91. The zero-order chi connectivity index (χ0) is 38.3. The van der Waals surface area contributed by atoms with Crippen LogP contribution < -0.4 is 10.6 Å². The standard InChI is InChI=1S/C41H42N6O5S3/c1-25-10-14-27(15-11-25)23-46-36-31(8-3-6-29-18-21-53-38(29)36)34(44-46)40(48)42-19-5-20-43-41(49)35-32-9-4-7-30-22-33(55(50,51)52)54-39(30)37(32)47(45-35)24-28-16-12-26(2)13-17-28/h10-18,21-22H,3-9,19-20,23-24H2,1-2H3,(H,42,48)(H,43,49)(H,50,51,52). The number of carbonyl (C=O) groups is 2. The quantitative estimate of drug-likeness (QED) is 0.0943. The summed E-state index contributed by atoms with van der Waals surface area (Å²) in [6.45, 7) is 5.70. The van der Waals surface area contributed by atoms with Gasteiger partial charge in [-0.05, 0) is 98.6 Å². The van der Waals surface area contributed by atoms with Gasteiger partial charge in [0.15, 0.2) is 11.4 Å². The molecule has 14 heteroatoms. The second kappa shape index (κ2) is 15.3. The Balaban J connectivity index is 0.977. The number of hydrogen-bond acceptors (Lipinski definition) is 8. The average molecular weight is 795 g/mol. The number of aromatic nitrogens is 4. The van der Waals surface area contributed by atoms with Gasteiger partial charge < -0.3 is 10.6 Å². The van der Waals surface area contributed by atoms with Crippen molar-refractivity contribution in [2.75, 3.05) is 13.1 Å². The van der Waals surface area contributed by atoms with Crippen LogP contribution in [0.25, 0.3) is 21.1 Å². The highest BCUT2D eigenvalue weighted by Crippen LogP contribution is 2.42. The van der Waals surface area contributed by atoms with Crippen molar-refractivity contribution in [3.8, 4) is 21.1 Å². The van der Waals surface area contributed by atoms with E-state index < -0.39 is 10.1 Å². The molecule has 0 atom stereocenters. The molecule has 0 bridgehead atoms. The molecule has 0 aliphatic heterocycles. The Labute approximate surface area is 328 Å². The normalized spacial score (nSPS) is 13.6. The van der Waals surface area contributed by atoms with Crippen molar-refractivity contribution >= 4 is 44.6 Å². The van der Waals surface area contributed by atoms with Crippen LogP contribution >= 0.6 is 22.7 Å². The first kappa shape index (κ1) is 37.1. The van der Waals surface area contributed by atoms with Gasteiger partial charge in [0.05, 0.1) is 34.2 Å². The van der Waals surface area contributed by atoms with Crippen molar-refractivity contribution in [2.24, 2.45) is 0 Å². The summed E-state index contributed by atoms with van der Waals surface area (Å²) in [6, 6.07) is 20.2. The van der Waals surface area contributed by atoms with Crippen molar-refractivity contribution in [3.05, 3.63) is 122 Å². The Morgan fingerprint density at radius 3 is 1.76 bits per heavy atom. The number of nitrogens with zero attached hydrogens (tertiary/aromatic N) is 4. The van der Waals surface area contributed by atoms with Crippen LogP contribution in [0.2, 0.25) is 0 Å². The molecule has 0 unspecified atom stereocenters. The van der Waals surface area contributed by atoms with Gasteiger partial charge in [-0.1, -0.05) is 59.7 Å². The van der Waals surface area contributed by atoms with Crippen LogP contribution in [0.1, 0.15) is 84.7 Å². The van der Waals surface area contributed by atoms with Crippen molar-refractivity contribution in [1.29, 1.82) is 0 Å². The number of nitrogens with one attached hydrogen (secondary N) is 2. The molecule has 8 rings (SSSR count). The van der Waals surface area contributed by atoms with E-state index in [2.05, 4.69) is 53.3 Å². The van der Waals surface area contributed by atoms with E-state index >= 15 is 0 Å². The number of carbonyl (C=O) groups excluding carboxylic acids is 2. The van der Waals surface area contributed by atoms with E-state index in [9.17, 15) is 22.6 Å². The fourth-order valence-electron chi connectivity index (χ4n) is 7.53. The van der Waals surface area contributed by atoms with E-state index in [4.69, 9.17) is 10.2 Å². The predicted molar refractivity (Wildman–Crippen MR) is 215 cm³/mol. The van der Waals surface area contributed by atoms with E-state index in [0.29, 0.717) is 73.8 Å². The SMILES string of the molecule is Cc1ccc(Cn2nc(C(=O)NCCCNC(=O)c3nn(Cc4ccc(C)cc4)c4c3CCCc3cc(S(=O)(=O)O)sc3-4)c3c2-c2sccc2CCC3)cc1. The van der Waals surface area contributed by atoms with Gasteiger partial charge in [0, 0.05) is 24.2 Å². The summed E-state index contributed by atoms with van der Waals surface area (Å²) >= 11 is 2.70. The van der Waals surface area contributed by atoms with Crippen LogP contribution in [-0.2, 0) is 48.9 Å². The summed E-state index contributed by atoms with van der Waals surface area (Å²) in [5.74, 6) is -0.548. The second-order valence-corrected chi connectivity index (χ2v) is 18.0. The fourth-order valence-corrected chi connectivity index (χ4v) is 10.5. The van der Waals surface area contributed by atoms with Crippen molar-refractivity contribution in [3.63, 3.8) is 0 Å². The summed E-state index contributed by atoms with van der Waals surface area (Å²) < 4.78 is 37.7. The lowest BCUT2D eigenvalue weighted by atomic mass is 10.1. The first-order valence-electron chi connectivity index (χ1n) is 18.6. The van der Waals surface area contributed by atoms with Crippen LogP contribution in [-0.4, -0.2) is 57.4 Å². The molecule has 0 radical (unpaired) electrons. The zero-order valence-electron chi connectivity index (χ0n) is 30.7. The molecular weight excluding hydrogens is 753 g/mol. The molecule has 284 valence electrons. The van der Waals surface area contributed by atoms with Crippen molar-refractivity contribution in [2.45, 2.75) is 76.1 Å². The monoisotopic (exact) mass is 794 g/mol. The summed E-state index contributed by atoms with van der Waals surface area (Å²) in [4.78, 5) is 29.3. The molecule has 0 saturated carbocycles. The lowest BCUT2D eigenvalue weighted by Gasteiger charge is -2.08. The smallest absolute Gasteiger partial charge is 0.304 e.